The third-order valence-corrected chi connectivity index (χ3v) is 11.8. The van der Waals surface area contributed by atoms with Gasteiger partial charge in [-0.15, -0.1) is 0 Å². The molecule has 11 rings (SSSR count). The number of aromatic nitrogens is 2. The molecule has 2 heterocycles. The van der Waals surface area contributed by atoms with Crippen LogP contribution in [0.15, 0.2) is 205 Å². The summed E-state index contributed by atoms with van der Waals surface area (Å²) in [4.78, 5) is 10.2. The van der Waals surface area contributed by atoms with E-state index in [2.05, 4.69) is 177 Å². The fourth-order valence-corrected chi connectivity index (χ4v) is 8.80. The van der Waals surface area contributed by atoms with Crippen molar-refractivity contribution in [3.05, 3.63) is 217 Å². The van der Waals surface area contributed by atoms with Crippen LogP contribution in [-0.4, -0.2) is 9.97 Å². The molecule has 0 N–H and O–H groups in total. The molecule has 1 unspecified atom stereocenters. The number of rotatable bonds is 6. The van der Waals surface area contributed by atoms with Crippen LogP contribution in [0.25, 0.3) is 89.2 Å². The maximum atomic E-state index is 6.08. The molecule has 57 heavy (non-hydrogen) atoms. The van der Waals surface area contributed by atoms with Gasteiger partial charge in [0.15, 0.2) is 5.82 Å². The molecule has 0 spiro atoms. The zero-order chi connectivity index (χ0) is 37.9. The minimum Gasteiger partial charge on any atom is -0.456 e. The van der Waals surface area contributed by atoms with Gasteiger partial charge in [0.25, 0.3) is 0 Å². The van der Waals surface area contributed by atoms with Crippen molar-refractivity contribution in [1.82, 2.24) is 9.97 Å². The van der Waals surface area contributed by atoms with E-state index in [-0.39, 0.29) is 5.41 Å². The second-order valence-corrected chi connectivity index (χ2v) is 15.1. The summed E-state index contributed by atoms with van der Waals surface area (Å²) in [6.45, 7) is 2.36. The molecule has 0 saturated heterocycles. The van der Waals surface area contributed by atoms with Gasteiger partial charge in [-0.3, -0.25) is 0 Å². The van der Waals surface area contributed by atoms with E-state index in [0.29, 0.717) is 5.82 Å². The fourth-order valence-electron chi connectivity index (χ4n) is 8.80. The molecule has 1 aliphatic rings. The highest BCUT2D eigenvalue weighted by Gasteiger charge is 2.40. The third kappa shape index (κ3) is 5.50. The lowest BCUT2D eigenvalue weighted by Gasteiger charge is -2.28. The Hall–Kier alpha value is -7.36. The Labute approximate surface area is 331 Å². The first-order valence-corrected chi connectivity index (χ1v) is 19.5. The summed E-state index contributed by atoms with van der Waals surface area (Å²) in [7, 11) is 0. The Balaban J connectivity index is 0.941. The van der Waals surface area contributed by atoms with Crippen LogP contribution in [0.1, 0.15) is 23.6 Å². The van der Waals surface area contributed by atoms with Gasteiger partial charge in [0, 0.05) is 32.9 Å². The zero-order valence-corrected chi connectivity index (χ0v) is 31.4. The van der Waals surface area contributed by atoms with E-state index in [1.165, 1.54) is 38.9 Å². The molecule has 2 aromatic heterocycles. The zero-order valence-electron chi connectivity index (χ0n) is 31.4. The molecular weight excluding hydrogens is 693 g/mol. The lowest BCUT2D eigenvalue weighted by Crippen LogP contribution is -2.22. The van der Waals surface area contributed by atoms with Crippen LogP contribution >= 0.6 is 0 Å². The van der Waals surface area contributed by atoms with Crippen molar-refractivity contribution >= 4 is 21.9 Å². The molecule has 1 aliphatic carbocycles. The Morgan fingerprint density at radius 2 is 0.895 bits per heavy atom. The number of nitrogens with zero attached hydrogens (tertiary/aromatic N) is 2. The second-order valence-electron chi connectivity index (χ2n) is 15.1. The molecule has 0 aliphatic heterocycles. The minimum absolute atomic E-state index is 0.207. The summed E-state index contributed by atoms with van der Waals surface area (Å²) >= 11 is 0. The van der Waals surface area contributed by atoms with E-state index in [0.717, 1.165) is 61.1 Å². The van der Waals surface area contributed by atoms with Gasteiger partial charge < -0.3 is 4.42 Å². The van der Waals surface area contributed by atoms with Crippen LogP contribution in [0.3, 0.4) is 0 Å². The molecule has 0 radical (unpaired) electrons. The molecule has 0 bridgehead atoms. The second kappa shape index (κ2) is 13.1. The lowest BCUT2D eigenvalue weighted by atomic mass is 9.74. The highest BCUT2D eigenvalue weighted by Crippen LogP contribution is 2.53. The predicted molar refractivity (Wildman–Crippen MR) is 234 cm³/mol. The Kier molecular flexibility index (Phi) is 7.61. The van der Waals surface area contributed by atoms with E-state index in [4.69, 9.17) is 14.4 Å². The van der Waals surface area contributed by atoms with Gasteiger partial charge in [-0.05, 0) is 87.3 Å². The minimum atomic E-state index is -0.207. The van der Waals surface area contributed by atoms with E-state index >= 15 is 0 Å². The summed E-state index contributed by atoms with van der Waals surface area (Å²) in [5, 5.41) is 2.25. The van der Waals surface area contributed by atoms with Crippen molar-refractivity contribution in [2.75, 3.05) is 0 Å². The SMILES string of the molecule is CC1(c2ccccc2)c2ccccc2-c2cc(-c3ccc(-c4cc(-c5ccc(-c6ccc7oc8ccccc8c7c6)cc5)nc(-c5ccccc5)n4)cc3)ccc21. The molecule has 1 atom stereocenters. The van der Waals surface area contributed by atoms with E-state index < -0.39 is 0 Å². The number of hydrogen-bond acceptors (Lipinski definition) is 3. The first-order valence-electron chi connectivity index (χ1n) is 19.5. The van der Waals surface area contributed by atoms with Gasteiger partial charge in [-0.25, -0.2) is 9.97 Å². The average Bonchev–Trinajstić information content (AvgIpc) is 3.79. The number of benzene rings is 8. The number of furan rings is 1. The number of para-hydroxylation sites is 1. The van der Waals surface area contributed by atoms with Gasteiger partial charge in [0.05, 0.1) is 11.4 Å². The summed E-state index contributed by atoms with van der Waals surface area (Å²) in [5.74, 6) is 0.701. The molecule has 268 valence electrons. The molecule has 3 nitrogen and oxygen atoms in total. The molecule has 0 saturated carbocycles. The van der Waals surface area contributed by atoms with Gasteiger partial charge >= 0.3 is 0 Å². The normalized spacial score (nSPS) is 14.5. The molecule has 3 heteroatoms. The highest BCUT2D eigenvalue weighted by atomic mass is 16.3. The quantitative estimate of drug-likeness (QED) is 0.171. The van der Waals surface area contributed by atoms with Crippen molar-refractivity contribution in [2.24, 2.45) is 0 Å². The van der Waals surface area contributed by atoms with Crippen LogP contribution < -0.4 is 0 Å². The van der Waals surface area contributed by atoms with E-state index in [9.17, 15) is 0 Å². The summed E-state index contributed by atoms with van der Waals surface area (Å²) in [6, 6.07) is 71.1. The van der Waals surface area contributed by atoms with Crippen molar-refractivity contribution in [2.45, 2.75) is 12.3 Å². The van der Waals surface area contributed by atoms with Crippen LogP contribution in [0.2, 0.25) is 0 Å². The fraction of sp³-hybridized carbons (Fsp3) is 0.0370. The van der Waals surface area contributed by atoms with Gasteiger partial charge in [0.1, 0.15) is 11.2 Å². The number of hydrogen-bond donors (Lipinski definition) is 0. The first kappa shape index (κ1) is 33.0. The van der Waals surface area contributed by atoms with E-state index in [1.54, 1.807) is 0 Å². The molecule has 0 fully saturated rings. The lowest BCUT2D eigenvalue weighted by molar-refractivity contribution is 0.669. The van der Waals surface area contributed by atoms with Crippen LogP contribution in [0.5, 0.6) is 0 Å². The van der Waals surface area contributed by atoms with Crippen molar-refractivity contribution in [3.8, 4) is 67.3 Å². The van der Waals surface area contributed by atoms with Crippen LogP contribution in [0, 0.1) is 0 Å². The Morgan fingerprint density at radius 1 is 0.368 bits per heavy atom. The van der Waals surface area contributed by atoms with Crippen LogP contribution in [-0.2, 0) is 5.41 Å². The Bertz CT molecular complexity index is 3110. The summed E-state index contributed by atoms with van der Waals surface area (Å²) < 4.78 is 6.08. The van der Waals surface area contributed by atoms with Crippen molar-refractivity contribution < 1.29 is 4.42 Å². The highest BCUT2D eigenvalue weighted by molar-refractivity contribution is 6.06. The van der Waals surface area contributed by atoms with Crippen LogP contribution in [0.4, 0.5) is 0 Å². The smallest absolute Gasteiger partial charge is 0.160 e. The molecule has 8 aromatic carbocycles. The predicted octanol–water partition coefficient (Wildman–Crippen LogP) is 14.0. The maximum absolute atomic E-state index is 6.08. The number of fused-ring (bicyclic) bond motifs is 6. The van der Waals surface area contributed by atoms with Gasteiger partial charge in [-0.1, -0.05) is 170 Å². The third-order valence-electron chi connectivity index (χ3n) is 11.8. The Morgan fingerprint density at radius 3 is 1.61 bits per heavy atom. The van der Waals surface area contributed by atoms with Gasteiger partial charge in [-0.2, -0.15) is 0 Å². The molecule has 10 aromatic rings. The summed E-state index contributed by atoms with van der Waals surface area (Å²) in [6.07, 6.45) is 0. The monoisotopic (exact) mass is 728 g/mol. The van der Waals surface area contributed by atoms with E-state index in [1.807, 2.05) is 30.3 Å². The summed E-state index contributed by atoms with van der Waals surface area (Å²) in [5.41, 5.74) is 17.7. The maximum Gasteiger partial charge on any atom is 0.160 e. The average molecular weight is 729 g/mol. The first-order chi connectivity index (χ1) is 28.1. The topological polar surface area (TPSA) is 38.9 Å². The van der Waals surface area contributed by atoms with Crippen molar-refractivity contribution in [1.29, 1.82) is 0 Å². The largest absolute Gasteiger partial charge is 0.456 e. The van der Waals surface area contributed by atoms with Gasteiger partial charge in [0.2, 0.25) is 0 Å². The molecule has 0 amide bonds. The van der Waals surface area contributed by atoms with Crippen molar-refractivity contribution in [3.63, 3.8) is 0 Å². The standard InChI is InChI=1S/C54H36N2O/c1-54(42-14-6-3-7-15-42)47-18-10-8-16-43(47)45-32-40(28-30-48(45)54)35-20-24-37(25-21-35)49-34-50(56-53(55-49)39-12-4-2-5-13-39)38-26-22-36(23-27-38)41-29-31-52-46(33-41)44-17-9-11-19-51(44)57-52/h2-34H,1H3. The molecular formula is C54H36N2O.